The maximum absolute atomic E-state index is 11.9. The highest BCUT2D eigenvalue weighted by molar-refractivity contribution is 7.93. The van der Waals surface area contributed by atoms with Crippen LogP contribution in [0, 0.1) is 0 Å². The monoisotopic (exact) mass is 250 g/mol. The van der Waals surface area contributed by atoms with Crippen molar-refractivity contribution >= 4 is 15.8 Å². The SMILES string of the molecule is CC1CCC(CS(=O)(=O)C(C)(C)C(=O)O)O1. The third-order valence-corrected chi connectivity index (χ3v) is 5.56. The summed E-state index contributed by atoms with van der Waals surface area (Å²) in [5.74, 6) is -1.53. The summed E-state index contributed by atoms with van der Waals surface area (Å²) in [4.78, 5) is 10.9. The van der Waals surface area contributed by atoms with Crippen LogP contribution in [0.2, 0.25) is 0 Å². The molecule has 1 saturated heterocycles. The molecule has 0 aromatic heterocycles. The summed E-state index contributed by atoms with van der Waals surface area (Å²) in [6, 6.07) is 0. The lowest BCUT2D eigenvalue weighted by molar-refractivity contribution is -0.139. The van der Waals surface area contributed by atoms with Crippen LogP contribution < -0.4 is 0 Å². The van der Waals surface area contributed by atoms with Crippen LogP contribution in [0.3, 0.4) is 0 Å². The van der Waals surface area contributed by atoms with E-state index in [0.29, 0.717) is 6.42 Å². The molecule has 6 heteroatoms. The Hall–Kier alpha value is -0.620. The first-order valence-corrected chi connectivity index (χ1v) is 6.93. The maximum Gasteiger partial charge on any atom is 0.324 e. The Kier molecular flexibility index (Phi) is 3.64. The van der Waals surface area contributed by atoms with Gasteiger partial charge in [0.2, 0.25) is 0 Å². The smallest absolute Gasteiger partial charge is 0.324 e. The van der Waals surface area contributed by atoms with Crippen LogP contribution in [0.5, 0.6) is 0 Å². The summed E-state index contributed by atoms with van der Waals surface area (Å²) in [6.07, 6.45) is 1.20. The third kappa shape index (κ3) is 2.55. The topological polar surface area (TPSA) is 80.7 Å². The molecule has 1 fully saturated rings. The number of carboxylic acids is 1. The molecular formula is C10H18O5S. The second kappa shape index (κ2) is 4.33. The van der Waals surface area contributed by atoms with Gasteiger partial charge in [-0.2, -0.15) is 0 Å². The fraction of sp³-hybridized carbons (Fsp3) is 0.900. The average molecular weight is 250 g/mol. The van der Waals surface area contributed by atoms with Gasteiger partial charge in [-0.05, 0) is 33.6 Å². The second-order valence-electron chi connectivity index (χ2n) is 4.74. The number of carboxylic acid groups (broad SMARTS) is 1. The number of aliphatic carboxylic acids is 1. The Balaban J connectivity index is 2.76. The minimum Gasteiger partial charge on any atom is -0.480 e. The molecule has 5 nitrogen and oxygen atoms in total. The summed E-state index contributed by atoms with van der Waals surface area (Å²) < 4.78 is 27.4. The summed E-state index contributed by atoms with van der Waals surface area (Å²) in [5.41, 5.74) is 0. The fourth-order valence-corrected chi connectivity index (χ4v) is 3.01. The number of carbonyl (C=O) groups is 1. The van der Waals surface area contributed by atoms with Crippen molar-refractivity contribution in [3.05, 3.63) is 0 Å². The second-order valence-corrected chi connectivity index (χ2v) is 7.33. The van der Waals surface area contributed by atoms with Crippen molar-refractivity contribution in [3.63, 3.8) is 0 Å². The Bertz CT molecular complexity index is 371. The number of hydrogen-bond donors (Lipinski definition) is 1. The lowest BCUT2D eigenvalue weighted by atomic mass is 10.2. The molecule has 1 aliphatic rings. The van der Waals surface area contributed by atoms with Crippen LogP contribution in [0.4, 0.5) is 0 Å². The van der Waals surface area contributed by atoms with Crippen molar-refractivity contribution in [2.75, 3.05) is 5.75 Å². The highest BCUT2D eigenvalue weighted by Gasteiger charge is 2.43. The van der Waals surface area contributed by atoms with Gasteiger partial charge in [0.25, 0.3) is 0 Å². The number of rotatable bonds is 4. The Morgan fingerprint density at radius 2 is 2.00 bits per heavy atom. The van der Waals surface area contributed by atoms with E-state index in [9.17, 15) is 13.2 Å². The zero-order valence-electron chi connectivity index (χ0n) is 9.76. The van der Waals surface area contributed by atoms with Gasteiger partial charge < -0.3 is 9.84 Å². The van der Waals surface area contributed by atoms with Crippen molar-refractivity contribution < 1.29 is 23.1 Å². The van der Waals surface area contributed by atoms with Crippen molar-refractivity contribution in [2.45, 2.75) is 50.6 Å². The zero-order chi connectivity index (χ0) is 12.6. The van der Waals surface area contributed by atoms with Gasteiger partial charge in [0.05, 0.1) is 18.0 Å². The zero-order valence-corrected chi connectivity index (χ0v) is 10.6. The highest BCUT2D eigenvalue weighted by atomic mass is 32.2. The van der Waals surface area contributed by atoms with Crippen molar-refractivity contribution in [2.24, 2.45) is 0 Å². The van der Waals surface area contributed by atoms with E-state index in [1.165, 1.54) is 13.8 Å². The summed E-state index contributed by atoms with van der Waals surface area (Å²) in [7, 11) is -3.69. The molecule has 94 valence electrons. The highest BCUT2D eigenvalue weighted by Crippen LogP contribution is 2.25. The molecule has 2 unspecified atom stereocenters. The van der Waals surface area contributed by atoms with Gasteiger partial charge in [-0.15, -0.1) is 0 Å². The fourth-order valence-electron chi connectivity index (χ4n) is 1.59. The van der Waals surface area contributed by atoms with Gasteiger partial charge in [-0.3, -0.25) is 4.79 Å². The third-order valence-electron chi connectivity index (χ3n) is 3.02. The Labute approximate surface area is 95.7 Å². The lowest BCUT2D eigenvalue weighted by Crippen LogP contribution is -2.44. The molecule has 0 amide bonds. The van der Waals surface area contributed by atoms with Crippen molar-refractivity contribution in [3.8, 4) is 0 Å². The molecular weight excluding hydrogens is 232 g/mol. The molecule has 0 spiro atoms. The maximum atomic E-state index is 11.9. The predicted octanol–water partition coefficient (Wildman–Crippen LogP) is 0.832. The van der Waals surface area contributed by atoms with Crippen LogP contribution in [0.15, 0.2) is 0 Å². The van der Waals surface area contributed by atoms with Crippen LogP contribution >= 0.6 is 0 Å². The summed E-state index contributed by atoms with van der Waals surface area (Å²) >= 11 is 0. The molecule has 0 aromatic carbocycles. The van der Waals surface area contributed by atoms with Crippen LogP contribution in [-0.4, -0.2) is 42.2 Å². The quantitative estimate of drug-likeness (QED) is 0.799. The molecule has 1 heterocycles. The first-order valence-electron chi connectivity index (χ1n) is 5.28. The van der Waals surface area contributed by atoms with Gasteiger partial charge in [-0.1, -0.05) is 0 Å². The lowest BCUT2D eigenvalue weighted by Gasteiger charge is -2.21. The minimum absolute atomic E-state index is 0.0631. The molecule has 0 aromatic rings. The number of ether oxygens (including phenoxy) is 1. The van der Waals surface area contributed by atoms with Crippen molar-refractivity contribution in [1.29, 1.82) is 0 Å². The van der Waals surface area contributed by atoms with E-state index >= 15 is 0 Å². The van der Waals surface area contributed by atoms with Gasteiger partial charge in [0.1, 0.15) is 0 Å². The van der Waals surface area contributed by atoms with Crippen molar-refractivity contribution in [1.82, 2.24) is 0 Å². The van der Waals surface area contributed by atoms with E-state index in [1.807, 2.05) is 6.92 Å². The average Bonchev–Trinajstić information content (AvgIpc) is 2.49. The normalized spacial score (nSPS) is 26.9. The van der Waals surface area contributed by atoms with E-state index in [1.54, 1.807) is 0 Å². The minimum atomic E-state index is -3.69. The number of sulfone groups is 1. The molecule has 1 aliphatic heterocycles. The molecule has 1 N–H and O–H groups in total. The molecule has 16 heavy (non-hydrogen) atoms. The molecule has 2 atom stereocenters. The van der Waals surface area contributed by atoms with E-state index in [0.717, 1.165) is 6.42 Å². The van der Waals surface area contributed by atoms with E-state index in [-0.39, 0.29) is 18.0 Å². The van der Waals surface area contributed by atoms with E-state index in [2.05, 4.69) is 0 Å². The van der Waals surface area contributed by atoms with Gasteiger partial charge in [0, 0.05) is 0 Å². The van der Waals surface area contributed by atoms with E-state index in [4.69, 9.17) is 9.84 Å². The summed E-state index contributed by atoms with van der Waals surface area (Å²) in [6.45, 7) is 4.31. The first-order chi connectivity index (χ1) is 7.17. The Morgan fingerprint density at radius 3 is 2.38 bits per heavy atom. The van der Waals surface area contributed by atoms with Gasteiger partial charge >= 0.3 is 5.97 Å². The first kappa shape index (κ1) is 13.4. The molecule has 1 rings (SSSR count). The largest absolute Gasteiger partial charge is 0.480 e. The van der Waals surface area contributed by atoms with Crippen LogP contribution in [0.1, 0.15) is 33.6 Å². The number of hydrogen-bond acceptors (Lipinski definition) is 4. The molecule has 0 bridgehead atoms. The summed E-state index contributed by atoms with van der Waals surface area (Å²) in [5, 5.41) is 8.88. The van der Waals surface area contributed by atoms with E-state index < -0.39 is 20.6 Å². The predicted molar refractivity (Wildman–Crippen MR) is 59.1 cm³/mol. The molecule has 0 saturated carbocycles. The molecule has 0 aliphatic carbocycles. The molecule has 0 radical (unpaired) electrons. The Morgan fingerprint density at radius 1 is 1.44 bits per heavy atom. The van der Waals surface area contributed by atoms with Crippen LogP contribution in [0.25, 0.3) is 0 Å². The van der Waals surface area contributed by atoms with Crippen LogP contribution in [-0.2, 0) is 19.4 Å². The standard InChI is InChI=1S/C10H18O5S/c1-7-4-5-8(15-7)6-16(13,14)10(2,3)9(11)12/h7-8H,4-6H2,1-3H3,(H,11,12). The van der Waals surface area contributed by atoms with Gasteiger partial charge in [0.15, 0.2) is 14.6 Å². The van der Waals surface area contributed by atoms with Gasteiger partial charge in [-0.25, -0.2) is 8.42 Å².